The largest absolute Gasteiger partial charge is 0.466 e. The molecule has 2 aromatic carbocycles. The maximum absolute atomic E-state index is 10.7. The van der Waals surface area contributed by atoms with Crippen molar-refractivity contribution < 1.29 is 9.53 Å². The van der Waals surface area contributed by atoms with Crippen LogP contribution in [0.2, 0.25) is 0 Å². The van der Waals surface area contributed by atoms with Crippen LogP contribution in [-0.4, -0.2) is 12.6 Å². The summed E-state index contributed by atoms with van der Waals surface area (Å²) >= 11 is 0. The van der Waals surface area contributed by atoms with Crippen LogP contribution in [0.15, 0.2) is 48.5 Å². The van der Waals surface area contributed by atoms with Crippen LogP contribution in [0.4, 0.5) is 0 Å². The normalized spacial score (nSPS) is 11.0. The Bertz CT molecular complexity index is 588. The number of ether oxygens (including phenoxy) is 1. The van der Waals surface area contributed by atoms with Gasteiger partial charge in [0, 0.05) is 6.42 Å². The number of benzene rings is 2. The highest BCUT2D eigenvalue weighted by atomic mass is 16.5. The van der Waals surface area contributed by atoms with Gasteiger partial charge in [-0.05, 0) is 41.5 Å². The van der Waals surface area contributed by atoms with Gasteiger partial charge in [0.1, 0.15) is 0 Å². The van der Waals surface area contributed by atoms with Gasteiger partial charge in [-0.1, -0.05) is 68.8 Å². The fourth-order valence-corrected chi connectivity index (χ4v) is 2.69. The van der Waals surface area contributed by atoms with Crippen molar-refractivity contribution in [2.75, 3.05) is 6.61 Å². The first-order chi connectivity index (χ1) is 11.3. The van der Waals surface area contributed by atoms with Gasteiger partial charge in [-0.15, -0.1) is 0 Å². The fraction of sp³-hybridized carbons (Fsp3) is 0.381. The van der Waals surface area contributed by atoms with Crippen LogP contribution in [0.1, 0.15) is 50.7 Å². The number of hydrogen-bond donors (Lipinski definition) is 0. The summed E-state index contributed by atoms with van der Waals surface area (Å²) in [5.74, 6) is -0.0593. The summed E-state index contributed by atoms with van der Waals surface area (Å²) in [4.78, 5) is 10.7. The molecule has 2 heteroatoms. The number of carbonyl (C=O) groups excluding carboxylic acids is 1. The van der Waals surface area contributed by atoms with E-state index < -0.39 is 0 Å². The summed E-state index contributed by atoms with van der Waals surface area (Å²) in [5.41, 5.74) is 5.75. The average Bonchev–Trinajstić information content (AvgIpc) is 2.95. The predicted molar refractivity (Wildman–Crippen MR) is 95.5 cm³/mol. The van der Waals surface area contributed by atoms with Crippen molar-refractivity contribution >= 4 is 5.97 Å². The zero-order chi connectivity index (χ0) is 16.5. The first-order valence-electron chi connectivity index (χ1n) is 8.58. The summed E-state index contributed by atoms with van der Waals surface area (Å²) < 4.78 is 4.88. The van der Waals surface area contributed by atoms with E-state index in [4.69, 9.17) is 4.74 Å². The van der Waals surface area contributed by atoms with E-state index in [-0.39, 0.29) is 5.97 Å². The monoisotopic (exact) mass is 310 g/mol. The molecular formula is C21H26O2. The van der Waals surface area contributed by atoms with Gasteiger partial charge in [0.25, 0.3) is 0 Å². The lowest BCUT2D eigenvalue weighted by molar-refractivity contribution is -0.143. The number of esters is 1. The maximum atomic E-state index is 10.7. The molecule has 0 aliphatic heterocycles. The number of unbranched alkanes of at least 4 members (excludes halogenated alkanes) is 1. The molecule has 0 saturated heterocycles. The molecule has 0 atom stereocenters. The first-order valence-corrected chi connectivity index (χ1v) is 8.58. The van der Waals surface area contributed by atoms with Gasteiger partial charge in [-0.25, -0.2) is 0 Å². The van der Waals surface area contributed by atoms with E-state index in [0.29, 0.717) is 13.0 Å². The molecule has 2 aromatic rings. The standard InChI is InChI=1S/C13H10.C8H16O2/c1-3-7-12-10(5-1)9-11-6-2-4-8-13(11)12;1-3-5-7-10-8(9)6-4-2/h1-8H,9H2;3-7H2,1-2H3. The highest BCUT2D eigenvalue weighted by Gasteiger charge is 2.15. The highest BCUT2D eigenvalue weighted by Crippen LogP contribution is 2.35. The second-order valence-electron chi connectivity index (χ2n) is 5.82. The van der Waals surface area contributed by atoms with Crippen molar-refractivity contribution in [3.05, 3.63) is 59.7 Å². The Hall–Kier alpha value is -2.09. The number of fused-ring (bicyclic) bond motifs is 3. The van der Waals surface area contributed by atoms with E-state index in [1.54, 1.807) is 0 Å². The van der Waals surface area contributed by atoms with Crippen molar-refractivity contribution in [1.82, 2.24) is 0 Å². The van der Waals surface area contributed by atoms with E-state index >= 15 is 0 Å². The molecule has 0 aromatic heterocycles. The summed E-state index contributed by atoms with van der Waals surface area (Å²) in [6.07, 6.45) is 4.61. The topological polar surface area (TPSA) is 26.3 Å². The summed E-state index contributed by atoms with van der Waals surface area (Å²) in [6, 6.07) is 17.3. The molecule has 2 nitrogen and oxygen atoms in total. The Morgan fingerprint density at radius 2 is 1.48 bits per heavy atom. The molecule has 0 heterocycles. The molecule has 0 amide bonds. The van der Waals surface area contributed by atoms with Gasteiger partial charge in [0.05, 0.1) is 6.61 Å². The molecule has 0 spiro atoms. The predicted octanol–water partition coefficient (Wildman–Crippen LogP) is 5.39. The molecule has 23 heavy (non-hydrogen) atoms. The summed E-state index contributed by atoms with van der Waals surface area (Å²) in [5, 5.41) is 0. The Balaban J connectivity index is 0.000000175. The van der Waals surface area contributed by atoms with Crippen molar-refractivity contribution in [2.24, 2.45) is 0 Å². The SMILES string of the molecule is CCCCOC(=O)CCC.c1ccc2c(c1)Cc1ccccc1-2. The van der Waals surface area contributed by atoms with Crippen LogP contribution >= 0.6 is 0 Å². The van der Waals surface area contributed by atoms with Crippen LogP contribution in [0.25, 0.3) is 11.1 Å². The molecule has 3 rings (SSSR count). The van der Waals surface area contributed by atoms with Gasteiger partial charge < -0.3 is 4.74 Å². The molecule has 122 valence electrons. The molecule has 0 N–H and O–H groups in total. The molecule has 0 radical (unpaired) electrons. The molecule has 1 aliphatic rings. The van der Waals surface area contributed by atoms with Gasteiger partial charge in [-0.2, -0.15) is 0 Å². The Labute approximate surface area is 139 Å². The van der Waals surface area contributed by atoms with Crippen LogP contribution in [0.5, 0.6) is 0 Å². The van der Waals surface area contributed by atoms with Crippen molar-refractivity contribution in [2.45, 2.75) is 46.0 Å². The lowest BCUT2D eigenvalue weighted by atomic mass is 10.1. The second-order valence-corrected chi connectivity index (χ2v) is 5.82. The van der Waals surface area contributed by atoms with E-state index in [1.165, 1.54) is 22.3 Å². The Morgan fingerprint density at radius 1 is 0.913 bits per heavy atom. The highest BCUT2D eigenvalue weighted by molar-refractivity contribution is 5.76. The van der Waals surface area contributed by atoms with Gasteiger partial charge >= 0.3 is 5.97 Å². The molecule has 0 saturated carbocycles. The van der Waals surface area contributed by atoms with E-state index in [9.17, 15) is 4.79 Å². The second kappa shape index (κ2) is 9.14. The summed E-state index contributed by atoms with van der Waals surface area (Å²) in [6.45, 7) is 4.64. The molecule has 0 unspecified atom stereocenters. The van der Waals surface area contributed by atoms with Crippen molar-refractivity contribution in [1.29, 1.82) is 0 Å². The molecule has 0 bridgehead atoms. The molecule has 1 aliphatic carbocycles. The number of hydrogen-bond acceptors (Lipinski definition) is 2. The van der Waals surface area contributed by atoms with Crippen LogP contribution in [-0.2, 0) is 16.0 Å². The van der Waals surface area contributed by atoms with Crippen molar-refractivity contribution in [3.63, 3.8) is 0 Å². The van der Waals surface area contributed by atoms with Gasteiger partial charge in [0.15, 0.2) is 0 Å². The zero-order valence-electron chi connectivity index (χ0n) is 14.2. The maximum Gasteiger partial charge on any atom is 0.305 e. The minimum absolute atomic E-state index is 0.0593. The third kappa shape index (κ3) is 4.95. The smallest absolute Gasteiger partial charge is 0.305 e. The zero-order valence-corrected chi connectivity index (χ0v) is 14.2. The third-order valence-corrected chi connectivity index (χ3v) is 3.92. The minimum atomic E-state index is -0.0593. The number of carbonyl (C=O) groups is 1. The van der Waals surface area contributed by atoms with Crippen LogP contribution in [0, 0.1) is 0 Å². The lowest BCUT2D eigenvalue weighted by Crippen LogP contribution is -2.04. The lowest BCUT2D eigenvalue weighted by Gasteiger charge is -2.00. The van der Waals surface area contributed by atoms with E-state index in [0.717, 1.165) is 25.7 Å². The Kier molecular flexibility index (Phi) is 6.86. The Morgan fingerprint density at radius 3 is 2.00 bits per heavy atom. The quantitative estimate of drug-likeness (QED) is 0.466. The third-order valence-electron chi connectivity index (χ3n) is 3.92. The van der Waals surface area contributed by atoms with E-state index in [1.807, 2.05) is 6.92 Å². The number of rotatable bonds is 5. The first kappa shape index (κ1) is 17.3. The van der Waals surface area contributed by atoms with Gasteiger partial charge in [-0.3, -0.25) is 4.79 Å². The van der Waals surface area contributed by atoms with Crippen molar-refractivity contribution in [3.8, 4) is 11.1 Å². The van der Waals surface area contributed by atoms with E-state index in [2.05, 4.69) is 55.5 Å². The van der Waals surface area contributed by atoms with Gasteiger partial charge in [0.2, 0.25) is 0 Å². The molecule has 0 fully saturated rings. The average molecular weight is 310 g/mol. The van der Waals surface area contributed by atoms with Crippen LogP contribution in [0.3, 0.4) is 0 Å². The van der Waals surface area contributed by atoms with Crippen LogP contribution < -0.4 is 0 Å². The fourth-order valence-electron chi connectivity index (χ4n) is 2.69. The molecular weight excluding hydrogens is 284 g/mol. The summed E-state index contributed by atoms with van der Waals surface area (Å²) in [7, 11) is 0. The minimum Gasteiger partial charge on any atom is -0.466 e.